The highest BCUT2D eigenvalue weighted by atomic mass is 32.2. The van der Waals surface area contributed by atoms with E-state index in [-0.39, 0.29) is 0 Å². The monoisotopic (exact) mass is 933 g/mol. The van der Waals surface area contributed by atoms with Crippen LogP contribution in [0.1, 0.15) is 203 Å². The van der Waals surface area contributed by atoms with Crippen molar-refractivity contribution in [2.75, 3.05) is 0 Å². The normalized spacial score (nSPS) is 12.1. The van der Waals surface area contributed by atoms with E-state index >= 15 is 0 Å². The zero-order chi connectivity index (χ0) is 50.0. The van der Waals surface area contributed by atoms with Crippen LogP contribution in [0.25, 0.3) is 66.8 Å². The Morgan fingerprint density at radius 3 is 0.667 bits per heavy atom. The summed E-state index contributed by atoms with van der Waals surface area (Å²) in [6, 6.07) is 48.7. The molecule has 0 aliphatic heterocycles. The molecule has 1 N–H and O–H groups in total. The Morgan fingerprint density at radius 2 is 0.478 bits per heavy atom. The van der Waals surface area contributed by atoms with Crippen LogP contribution < -0.4 is 4.89 Å². The van der Waals surface area contributed by atoms with E-state index in [0.29, 0.717) is 47.3 Å². The van der Waals surface area contributed by atoms with Crippen molar-refractivity contribution in [2.45, 2.75) is 163 Å². The van der Waals surface area contributed by atoms with Crippen LogP contribution >= 0.6 is 11.9 Å². The Kier molecular flexibility index (Phi) is 16.4. The molecule has 0 bridgehead atoms. The van der Waals surface area contributed by atoms with E-state index in [4.69, 9.17) is 0 Å². The summed E-state index contributed by atoms with van der Waals surface area (Å²) in [4.78, 5) is 3.27. The van der Waals surface area contributed by atoms with Crippen LogP contribution in [0.3, 0.4) is 0 Å². The number of rotatable bonds is 16. The highest BCUT2D eigenvalue weighted by Gasteiger charge is 2.25. The summed E-state index contributed by atoms with van der Waals surface area (Å²) in [5, 5.41) is 13.1. The third kappa shape index (κ3) is 10.6. The van der Waals surface area contributed by atoms with Gasteiger partial charge in [-0.15, -0.1) is 10.1 Å². The Morgan fingerprint density at radius 1 is 0.290 bits per heavy atom. The molecule has 359 valence electrons. The average molecular weight is 933 g/mol. The maximum Gasteiger partial charge on any atom is 0.0407 e. The van der Waals surface area contributed by atoms with Gasteiger partial charge in [-0.1, -0.05) is 202 Å². The maximum atomic E-state index is 13.1. The lowest BCUT2D eigenvalue weighted by Crippen LogP contribution is -2.03. The standard InChI is InChI=1S/C66H78NOS/c1-38(2)52-22-17-23-53(39(3)4)62(52)48-32-46(33-49(36-48)63-54(40(5)6)24-18-25-55(63)41(7)8)60-30-21-31-61(66(60)69-67-68)47-34-50(64-56(42(9)10)26-19-27-57(64)43(11)12)37-51(35-47)65-58(44(13)14)28-20-29-59(65)45(15)16/h17-45,67H,1-16H3. The smallest absolute Gasteiger partial charge is 0.0407 e. The first-order chi connectivity index (χ1) is 32.8. The van der Waals surface area contributed by atoms with Gasteiger partial charge in [-0.05, 0) is 207 Å². The third-order valence-electron chi connectivity index (χ3n) is 14.3. The summed E-state index contributed by atoms with van der Waals surface area (Å²) in [7, 11) is 0. The SMILES string of the molecule is CC(C)c1cccc(C(C)C)c1-c1cc(-c2cccc(-c3cc(-c4c(C(C)C)cccc4C(C)C)cc(-c4c(C(C)C)cccc4C(C)C)c3)c2SN[O])cc(-c2c(C(C)C)cccc2C(C)C)c1. The lowest BCUT2D eigenvalue weighted by molar-refractivity contribution is 0.154. The van der Waals surface area contributed by atoms with Crippen LogP contribution in [-0.4, -0.2) is 0 Å². The van der Waals surface area contributed by atoms with E-state index in [0.717, 1.165) is 27.1 Å². The Balaban J connectivity index is 1.63. The van der Waals surface area contributed by atoms with Crippen molar-refractivity contribution in [1.29, 1.82) is 0 Å². The van der Waals surface area contributed by atoms with Gasteiger partial charge in [0.25, 0.3) is 0 Å². The van der Waals surface area contributed by atoms with Crippen molar-refractivity contribution < 1.29 is 5.21 Å². The zero-order valence-electron chi connectivity index (χ0n) is 44.6. The number of hydrogen-bond donors (Lipinski definition) is 1. The molecule has 3 heteroatoms. The summed E-state index contributed by atoms with van der Waals surface area (Å²) in [6.07, 6.45) is 0. The molecule has 0 fully saturated rings. The van der Waals surface area contributed by atoms with Gasteiger partial charge in [0.05, 0.1) is 0 Å². The summed E-state index contributed by atoms with van der Waals surface area (Å²) in [5.74, 6) is 2.63. The van der Waals surface area contributed by atoms with Crippen molar-refractivity contribution in [3.05, 3.63) is 172 Å². The molecule has 0 heterocycles. The van der Waals surface area contributed by atoms with Crippen molar-refractivity contribution in [1.82, 2.24) is 4.89 Å². The Labute approximate surface area is 421 Å². The molecular formula is C66H78NOS. The van der Waals surface area contributed by atoms with Gasteiger partial charge >= 0.3 is 0 Å². The van der Waals surface area contributed by atoms with E-state index in [9.17, 15) is 5.21 Å². The predicted octanol–water partition coefficient (Wildman–Crippen LogP) is 20.6. The maximum absolute atomic E-state index is 13.1. The third-order valence-corrected chi connectivity index (χ3v) is 15.0. The lowest BCUT2D eigenvalue weighted by atomic mass is 9.80. The summed E-state index contributed by atoms with van der Waals surface area (Å²) >= 11 is 1.18. The quantitative estimate of drug-likeness (QED) is 0.0773. The molecule has 0 unspecified atom stereocenters. The highest BCUT2D eigenvalue weighted by molar-refractivity contribution is 7.97. The largest absolute Gasteiger partial charge is 0.112 e. The Bertz CT molecular complexity index is 2460. The van der Waals surface area contributed by atoms with Crippen molar-refractivity contribution >= 4 is 11.9 Å². The van der Waals surface area contributed by atoms with Crippen molar-refractivity contribution in [3.63, 3.8) is 0 Å². The summed E-state index contributed by atoms with van der Waals surface area (Å²) in [6.45, 7) is 37.0. The van der Waals surface area contributed by atoms with E-state index in [2.05, 4.69) is 243 Å². The molecule has 7 aromatic rings. The molecule has 0 aliphatic carbocycles. The molecule has 7 aromatic carbocycles. The van der Waals surface area contributed by atoms with Crippen LogP contribution in [0.2, 0.25) is 0 Å². The molecule has 0 aromatic heterocycles. The predicted molar refractivity (Wildman–Crippen MR) is 301 cm³/mol. The second-order valence-corrected chi connectivity index (χ2v) is 22.7. The zero-order valence-corrected chi connectivity index (χ0v) is 45.4. The second kappa shape index (κ2) is 21.8. The molecule has 0 saturated heterocycles. The summed E-state index contributed by atoms with van der Waals surface area (Å²) < 4.78 is 0. The van der Waals surface area contributed by atoms with Gasteiger partial charge in [-0.25, -0.2) is 0 Å². The van der Waals surface area contributed by atoms with Gasteiger partial charge in [-0.2, -0.15) is 0 Å². The van der Waals surface area contributed by atoms with Gasteiger partial charge in [-0.3, -0.25) is 0 Å². The van der Waals surface area contributed by atoms with Crippen LogP contribution in [0.5, 0.6) is 0 Å². The fourth-order valence-electron chi connectivity index (χ4n) is 10.8. The molecule has 7 rings (SSSR count). The van der Waals surface area contributed by atoms with Gasteiger partial charge in [0.2, 0.25) is 0 Å². The van der Waals surface area contributed by atoms with Crippen molar-refractivity contribution in [3.8, 4) is 66.8 Å². The van der Waals surface area contributed by atoms with Gasteiger partial charge in [0.1, 0.15) is 0 Å². The molecular weight excluding hydrogens is 855 g/mol. The van der Waals surface area contributed by atoms with E-state index < -0.39 is 0 Å². The first-order valence-electron chi connectivity index (χ1n) is 25.8. The lowest BCUT2D eigenvalue weighted by Gasteiger charge is -2.25. The second-order valence-electron chi connectivity index (χ2n) is 21.9. The van der Waals surface area contributed by atoms with Crippen LogP contribution in [0.4, 0.5) is 0 Å². The van der Waals surface area contributed by atoms with E-state index in [1.54, 1.807) is 0 Å². The number of nitrogens with one attached hydrogen (secondary N) is 1. The first-order valence-corrected chi connectivity index (χ1v) is 26.7. The first kappa shape index (κ1) is 51.7. The molecule has 0 aliphatic rings. The minimum atomic E-state index is 0.328. The minimum Gasteiger partial charge on any atom is -0.112 e. The number of hydrogen-bond acceptors (Lipinski definition) is 2. The molecule has 0 atom stereocenters. The molecule has 0 amide bonds. The van der Waals surface area contributed by atoms with E-state index in [1.165, 1.54) is 101 Å². The molecule has 2 nitrogen and oxygen atoms in total. The summed E-state index contributed by atoms with van der Waals surface area (Å²) in [5.41, 5.74) is 25.2. The van der Waals surface area contributed by atoms with Gasteiger partial charge in [0.15, 0.2) is 0 Å². The van der Waals surface area contributed by atoms with E-state index in [1.807, 2.05) is 0 Å². The van der Waals surface area contributed by atoms with Gasteiger partial charge < -0.3 is 0 Å². The molecule has 0 saturated carbocycles. The fraction of sp³-hybridized carbons (Fsp3) is 0.364. The van der Waals surface area contributed by atoms with Crippen LogP contribution in [0.15, 0.2) is 132 Å². The molecule has 0 spiro atoms. The minimum absolute atomic E-state index is 0.328. The van der Waals surface area contributed by atoms with Crippen LogP contribution in [-0.2, 0) is 5.21 Å². The fourth-order valence-corrected chi connectivity index (χ4v) is 11.5. The highest BCUT2D eigenvalue weighted by Crippen LogP contribution is 2.48. The number of benzene rings is 7. The average Bonchev–Trinajstić information content (AvgIpc) is 3.32. The molecule has 1 radical (unpaired) electrons. The topological polar surface area (TPSA) is 31.9 Å². The van der Waals surface area contributed by atoms with Crippen molar-refractivity contribution in [2.24, 2.45) is 0 Å². The van der Waals surface area contributed by atoms with Gasteiger partial charge in [0, 0.05) is 4.90 Å². The Hall–Kier alpha value is -5.19. The van der Waals surface area contributed by atoms with Crippen LogP contribution in [0, 0.1) is 0 Å². The molecule has 69 heavy (non-hydrogen) atoms.